The number of H-pyrrole nitrogens is 1. The number of sulfone groups is 1. The monoisotopic (exact) mass is 777 g/mol. The molecular weight excluding hydrogens is 713 g/mol. The number of aryl methyl sites for hydroxylation is 1. The molecule has 3 unspecified atom stereocenters. The second kappa shape index (κ2) is 25.1. The molecule has 1 aliphatic rings. The Bertz CT molecular complexity index is 1480. The Hall–Kier alpha value is -2.03. The molecule has 1 aromatic heterocycles. The smallest absolute Gasteiger partial charge is 0.352 e. The Morgan fingerprint density at radius 2 is 1.56 bits per heavy atom. The lowest BCUT2D eigenvalue weighted by molar-refractivity contribution is -0.258. The molecule has 1 aromatic rings. The van der Waals surface area contributed by atoms with Crippen LogP contribution >= 0.6 is 7.82 Å². The third-order valence-electron chi connectivity index (χ3n) is 9.36. The maximum absolute atomic E-state index is 13.8. The fourth-order valence-corrected chi connectivity index (χ4v) is 9.45. The number of aromatic nitrogens is 2. The predicted octanol–water partition coefficient (Wildman–Crippen LogP) is 8.76. The molecule has 1 N–H and O–H groups in total. The van der Waals surface area contributed by atoms with Gasteiger partial charge in [0.25, 0.3) is 5.56 Å². The van der Waals surface area contributed by atoms with Gasteiger partial charge in [-0.05, 0) is 38.6 Å². The molecule has 0 saturated carbocycles. The van der Waals surface area contributed by atoms with Crippen LogP contribution in [0.1, 0.15) is 155 Å². The number of nitrogens with zero attached hydrogens (tertiary/aromatic N) is 4. The largest absolute Gasteiger partial charge is 0.502 e. The number of hydrogen-bond donors (Lipinski definition) is 1. The summed E-state index contributed by atoms with van der Waals surface area (Å²) in [6, 6.07) is -0.818. The molecule has 6 atom stereocenters. The molecule has 0 amide bonds. The van der Waals surface area contributed by atoms with Crippen molar-refractivity contribution >= 4 is 17.7 Å². The van der Waals surface area contributed by atoms with E-state index in [0.29, 0.717) is 25.7 Å². The van der Waals surface area contributed by atoms with Gasteiger partial charge in [0, 0.05) is 23.1 Å². The van der Waals surface area contributed by atoms with Crippen LogP contribution in [0.5, 0.6) is 0 Å². The summed E-state index contributed by atoms with van der Waals surface area (Å²) in [7, 11) is -8.01. The average molecular weight is 778 g/mol. The first-order chi connectivity index (χ1) is 24.9. The molecule has 15 nitrogen and oxygen atoms in total. The lowest BCUT2D eigenvalue weighted by Crippen LogP contribution is -2.36. The highest BCUT2D eigenvalue weighted by Gasteiger charge is 2.40. The van der Waals surface area contributed by atoms with Gasteiger partial charge in [0.2, 0.25) is 0 Å². The highest BCUT2D eigenvalue weighted by molar-refractivity contribution is 7.92. The Morgan fingerprint density at radius 3 is 2.15 bits per heavy atom. The average Bonchev–Trinajstić information content (AvgIpc) is 3.51. The summed E-state index contributed by atoms with van der Waals surface area (Å²) >= 11 is 0. The number of unbranched alkanes of at least 4 members (excludes halogenated alkanes) is 13. The number of aromatic amines is 1. The van der Waals surface area contributed by atoms with Gasteiger partial charge in [-0.1, -0.05) is 116 Å². The molecule has 0 aliphatic carbocycles. The third-order valence-corrected chi connectivity index (χ3v) is 13.0. The van der Waals surface area contributed by atoms with E-state index in [2.05, 4.69) is 28.9 Å². The van der Waals surface area contributed by atoms with E-state index < -0.39 is 65.2 Å². The van der Waals surface area contributed by atoms with Crippen LogP contribution in [0, 0.1) is 6.92 Å². The Morgan fingerprint density at radius 1 is 0.962 bits per heavy atom. The molecule has 52 heavy (non-hydrogen) atoms. The van der Waals surface area contributed by atoms with Crippen LogP contribution < -0.4 is 11.2 Å². The number of azide groups is 1. The van der Waals surface area contributed by atoms with E-state index in [1.807, 2.05) is 0 Å². The number of phosphoric ester groups is 1. The van der Waals surface area contributed by atoms with Crippen molar-refractivity contribution in [3.05, 3.63) is 43.0 Å². The van der Waals surface area contributed by atoms with E-state index >= 15 is 0 Å². The lowest BCUT2D eigenvalue weighted by atomic mass is 10.1. The second-order valence-corrected chi connectivity index (χ2v) is 17.8. The van der Waals surface area contributed by atoms with Crippen LogP contribution in [0.25, 0.3) is 10.4 Å². The van der Waals surface area contributed by atoms with Gasteiger partial charge in [-0.2, -0.15) is 0 Å². The molecule has 1 fully saturated rings. The molecule has 17 heteroatoms. The van der Waals surface area contributed by atoms with Gasteiger partial charge in [-0.15, -0.1) is 4.67 Å². The van der Waals surface area contributed by atoms with Crippen molar-refractivity contribution < 1.29 is 36.3 Å². The molecule has 0 aromatic carbocycles. The van der Waals surface area contributed by atoms with Crippen molar-refractivity contribution in [2.24, 2.45) is 5.11 Å². The van der Waals surface area contributed by atoms with Crippen LogP contribution in [0.2, 0.25) is 0 Å². The van der Waals surface area contributed by atoms with E-state index in [1.165, 1.54) is 56.2 Å². The molecular formula is C35H64N5O10PS. The standard InChI is InChI=1S/C35H64N5O10PS/c1-6-9-11-13-14-15-16-17-19-21-24-52(44,45)32(22-20-18-12-10-7-2)29(5)49-50-51(43,46-23-8-3)47-27-31-30(38-39-36)25-33(48-31)40-26-28(4)34(41)37-35(40)42/h26,29-33H,6-25,27H2,1-5H3,(H,37,41,42)/t29?,30-,31+,32?,33+,51?/m0/s1. The van der Waals surface area contributed by atoms with Crippen LogP contribution in [-0.4, -0.2) is 60.4 Å². The Kier molecular flexibility index (Phi) is 22.3. The number of nitrogens with one attached hydrogen (secondary N) is 1. The van der Waals surface area contributed by atoms with Crippen molar-refractivity contribution in [3.63, 3.8) is 0 Å². The molecule has 2 rings (SSSR count). The molecule has 0 bridgehead atoms. The highest BCUT2D eigenvalue weighted by Crippen LogP contribution is 2.51. The molecule has 2 heterocycles. The predicted molar refractivity (Wildman–Crippen MR) is 202 cm³/mol. The first-order valence-corrected chi connectivity index (χ1v) is 22.6. The number of rotatable bonds is 30. The van der Waals surface area contributed by atoms with Crippen LogP contribution in [0.3, 0.4) is 0 Å². The fourth-order valence-electron chi connectivity index (χ4n) is 6.25. The van der Waals surface area contributed by atoms with Gasteiger partial charge in [0.1, 0.15) is 12.3 Å². The zero-order valence-corrected chi connectivity index (χ0v) is 33.8. The van der Waals surface area contributed by atoms with Crippen molar-refractivity contribution in [3.8, 4) is 0 Å². The summed E-state index contributed by atoms with van der Waals surface area (Å²) < 4.78 is 64.6. The van der Waals surface area contributed by atoms with Crippen LogP contribution in [-0.2, 0) is 37.7 Å². The van der Waals surface area contributed by atoms with Gasteiger partial charge in [-0.25, -0.2) is 22.7 Å². The van der Waals surface area contributed by atoms with Gasteiger partial charge in [-0.3, -0.25) is 23.4 Å². The van der Waals surface area contributed by atoms with E-state index in [0.717, 1.165) is 44.9 Å². The van der Waals surface area contributed by atoms with E-state index in [1.54, 1.807) is 13.8 Å². The SMILES string of the molecule is CCCCCCCCCCCCS(=O)(=O)C(CCCCCCC)C(C)OOP(=O)(OCCC)OC[C@H]1O[C@@H](n2cc(C)c(=O)[nH]c2=O)C[C@@H]1N=[N+]=[N-]. The van der Waals surface area contributed by atoms with Gasteiger partial charge >= 0.3 is 13.5 Å². The number of ether oxygens (including phenoxy) is 1. The van der Waals surface area contributed by atoms with Crippen molar-refractivity contribution in [1.29, 1.82) is 0 Å². The van der Waals surface area contributed by atoms with Gasteiger partial charge < -0.3 is 4.74 Å². The summed E-state index contributed by atoms with van der Waals surface area (Å²) in [6.07, 6.45) is 15.2. The van der Waals surface area contributed by atoms with Crippen molar-refractivity contribution in [1.82, 2.24) is 9.55 Å². The lowest BCUT2D eigenvalue weighted by Gasteiger charge is -2.26. The molecule has 0 radical (unpaired) electrons. The van der Waals surface area contributed by atoms with Gasteiger partial charge in [0.05, 0.1) is 36.4 Å². The van der Waals surface area contributed by atoms with Crippen LogP contribution in [0.4, 0.5) is 0 Å². The number of hydrogen-bond acceptors (Lipinski definition) is 11. The summed E-state index contributed by atoms with van der Waals surface area (Å²) in [5.41, 5.74) is 8.21. The number of phosphoric acid groups is 1. The zero-order valence-electron chi connectivity index (χ0n) is 32.0. The first-order valence-electron chi connectivity index (χ1n) is 19.4. The molecule has 0 spiro atoms. The fraction of sp³-hybridized carbons (Fsp3) is 0.886. The Balaban J connectivity index is 2.07. The highest BCUT2D eigenvalue weighted by atomic mass is 32.2. The maximum atomic E-state index is 13.8. The molecule has 300 valence electrons. The quantitative estimate of drug-likeness (QED) is 0.0150. The molecule has 1 aliphatic heterocycles. The maximum Gasteiger partial charge on any atom is 0.502 e. The topological polar surface area (TPSA) is 201 Å². The van der Waals surface area contributed by atoms with Crippen LogP contribution in [0.15, 0.2) is 20.9 Å². The minimum atomic E-state index is -4.43. The molecule has 1 saturated heterocycles. The second-order valence-electron chi connectivity index (χ2n) is 13.9. The third kappa shape index (κ3) is 16.5. The zero-order chi connectivity index (χ0) is 38.4. The minimum Gasteiger partial charge on any atom is -0.352 e. The van der Waals surface area contributed by atoms with E-state index in [4.69, 9.17) is 28.9 Å². The van der Waals surface area contributed by atoms with E-state index in [-0.39, 0.29) is 24.3 Å². The Labute approximate surface area is 310 Å². The van der Waals surface area contributed by atoms with Gasteiger partial charge in [0.15, 0.2) is 9.84 Å². The van der Waals surface area contributed by atoms with Crippen molar-refractivity contribution in [2.45, 2.75) is 180 Å². The minimum absolute atomic E-state index is 0.00705. The summed E-state index contributed by atoms with van der Waals surface area (Å²) in [4.78, 5) is 35.0. The van der Waals surface area contributed by atoms with Crippen molar-refractivity contribution in [2.75, 3.05) is 19.0 Å². The summed E-state index contributed by atoms with van der Waals surface area (Å²) in [6.45, 7) is 8.82. The first kappa shape index (κ1) is 46.1. The normalized spacial score (nSPS) is 20.0. The van der Waals surface area contributed by atoms with E-state index in [9.17, 15) is 22.6 Å². The summed E-state index contributed by atoms with van der Waals surface area (Å²) in [5, 5.41) is 2.89. The summed E-state index contributed by atoms with van der Waals surface area (Å²) in [5.74, 6) is 0.0379.